The van der Waals surface area contributed by atoms with Crippen molar-refractivity contribution in [3.05, 3.63) is 10.1 Å². The number of hydrogen-bond acceptors (Lipinski definition) is 2. The molecule has 0 bridgehead atoms. The van der Waals surface area contributed by atoms with Crippen molar-refractivity contribution in [2.24, 2.45) is 52.3 Å². The molecule has 0 spiro atoms. The molecular weight excluding hydrogens is 370 g/mol. The largest absolute Gasteiger partial charge is 0.264 e. The van der Waals surface area contributed by atoms with Crippen molar-refractivity contribution in [3.8, 4) is 0 Å². The van der Waals surface area contributed by atoms with Gasteiger partial charge in [-0.3, -0.25) is 10.1 Å². The summed E-state index contributed by atoms with van der Waals surface area (Å²) in [5, 5.41) is 12.1. The summed E-state index contributed by atoms with van der Waals surface area (Å²) >= 11 is 0. The minimum absolute atomic E-state index is 0.136. The molecule has 0 heterocycles. The summed E-state index contributed by atoms with van der Waals surface area (Å²) in [5.41, 5.74) is 0.651. The minimum Gasteiger partial charge on any atom is -0.264 e. The molecule has 0 saturated heterocycles. The summed E-state index contributed by atoms with van der Waals surface area (Å²) in [6.07, 6.45) is 15.2. The first-order chi connectivity index (χ1) is 14.2. The molecule has 4 aliphatic carbocycles. The highest BCUT2D eigenvalue weighted by atomic mass is 16.6. The number of fused-ring (bicyclic) bond motifs is 5. The van der Waals surface area contributed by atoms with E-state index in [1.807, 2.05) is 0 Å². The Morgan fingerprint density at radius 1 is 0.900 bits per heavy atom. The second kappa shape index (κ2) is 8.39. The lowest BCUT2D eigenvalue weighted by atomic mass is 9.43. The van der Waals surface area contributed by atoms with Gasteiger partial charge in [0.2, 0.25) is 6.04 Å². The van der Waals surface area contributed by atoms with Crippen molar-refractivity contribution in [2.75, 3.05) is 0 Å². The van der Waals surface area contributed by atoms with E-state index in [-0.39, 0.29) is 16.4 Å². The van der Waals surface area contributed by atoms with Gasteiger partial charge in [-0.1, -0.05) is 66.7 Å². The maximum Gasteiger partial charge on any atom is 0.216 e. The lowest BCUT2D eigenvalue weighted by Gasteiger charge is -2.60. The summed E-state index contributed by atoms with van der Waals surface area (Å²) in [7, 11) is 0. The molecule has 0 unspecified atom stereocenters. The van der Waals surface area contributed by atoms with Crippen LogP contribution in [-0.2, 0) is 0 Å². The van der Waals surface area contributed by atoms with Gasteiger partial charge in [-0.15, -0.1) is 0 Å². The number of nitro groups is 1. The first-order valence-electron chi connectivity index (χ1n) is 13.3. The van der Waals surface area contributed by atoms with E-state index in [4.69, 9.17) is 0 Å². The van der Waals surface area contributed by atoms with Crippen molar-refractivity contribution >= 4 is 0 Å². The van der Waals surface area contributed by atoms with Crippen LogP contribution in [0.5, 0.6) is 0 Å². The van der Waals surface area contributed by atoms with E-state index in [0.29, 0.717) is 17.3 Å². The average Bonchev–Trinajstić information content (AvgIpc) is 3.03. The molecule has 9 atom stereocenters. The average molecular weight is 418 g/mol. The monoisotopic (exact) mass is 417 g/mol. The highest BCUT2D eigenvalue weighted by Gasteiger charge is 2.64. The standard InChI is InChI=1S/C27H47NO2/c1-18(2)9-8-10-19(3)21-12-13-22-20-17-25(28(29)30)24-11-6-7-15-26(24,4)23(20)14-16-27(21,22)5/h18-25H,6-17H2,1-5H3/t19-,20+,21+,22-,23-,24-,25+,26-,27-/m1/s1. The van der Waals surface area contributed by atoms with Crippen molar-refractivity contribution in [1.29, 1.82) is 0 Å². The van der Waals surface area contributed by atoms with Gasteiger partial charge in [-0.2, -0.15) is 0 Å². The van der Waals surface area contributed by atoms with E-state index in [2.05, 4.69) is 34.6 Å². The summed E-state index contributed by atoms with van der Waals surface area (Å²) in [5.74, 6) is 4.86. The topological polar surface area (TPSA) is 43.1 Å². The molecule has 0 amide bonds. The lowest BCUT2D eigenvalue weighted by molar-refractivity contribution is -0.547. The van der Waals surface area contributed by atoms with Crippen LogP contribution in [0.1, 0.15) is 112 Å². The molecule has 3 nitrogen and oxygen atoms in total. The summed E-state index contributed by atoms with van der Waals surface area (Å²) in [4.78, 5) is 12.3. The summed E-state index contributed by atoms with van der Waals surface area (Å²) in [6, 6.07) is -0.276. The third-order valence-corrected chi connectivity index (χ3v) is 11.1. The third-order valence-electron chi connectivity index (χ3n) is 11.1. The van der Waals surface area contributed by atoms with Gasteiger partial charge in [-0.05, 0) is 84.9 Å². The molecule has 3 heteroatoms. The Bertz CT molecular complexity index is 632. The Morgan fingerprint density at radius 3 is 2.33 bits per heavy atom. The van der Waals surface area contributed by atoms with Crippen molar-refractivity contribution in [3.63, 3.8) is 0 Å². The Balaban J connectivity index is 1.54. The Morgan fingerprint density at radius 2 is 1.63 bits per heavy atom. The van der Waals surface area contributed by atoms with Crippen molar-refractivity contribution < 1.29 is 4.92 Å². The molecule has 0 radical (unpaired) electrons. The summed E-state index contributed by atoms with van der Waals surface area (Å²) in [6.45, 7) is 12.3. The molecule has 4 rings (SSSR count). The van der Waals surface area contributed by atoms with Crippen LogP contribution in [0.25, 0.3) is 0 Å². The van der Waals surface area contributed by atoms with Crippen molar-refractivity contribution in [1.82, 2.24) is 0 Å². The molecule has 0 aromatic rings. The molecule has 4 saturated carbocycles. The van der Waals surface area contributed by atoms with Crippen LogP contribution in [0.4, 0.5) is 0 Å². The van der Waals surface area contributed by atoms with Crippen LogP contribution in [0, 0.1) is 62.4 Å². The fourth-order valence-corrected chi connectivity index (χ4v) is 9.61. The molecule has 0 aliphatic heterocycles. The molecule has 0 aromatic carbocycles. The molecule has 4 fully saturated rings. The zero-order valence-electron chi connectivity index (χ0n) is 20.4. The Labute approximate surface area is 185 Å². The number of rotatable bonds is 6. The predicted molar refractivity (Wildman–Crippen MR) is 124 cm³/mol. The molecule has 4 aliphatic rings. The van der Waals surface area contributed by atoms with E-state index in [9.17, 15) is 10.1 Å². The highest BCUT2D eigenvalue weighted by molar-refractivity contribution is 5.11. The normalized spacial score (nSPS) is 46.7. The Hall–Kier alpha value is -0.600. The lowest BCUT2D eigenvalue weighted by Crippen LogP contribution is -2.58. The number of nitrogens with zero attached hydrogens (tertiary/aromatic N) is 1. The molecule has 172 valence electrons. The van der Waals surface area contributed by atoms with E-state index < -0.39 is 0 Å². The van der Waals surface area contributed by atoms with Gasteiger partial charge in [0.1, 0.15) is 0 Å². The van der Waals surface area contributed by atoms with E-state index in [1.165, 1.54) is 64.2 Å². The van der Waals surface area contributed by atoms with Crippen LogP contribution in [-0.4, -0.2) is 11.0 Å². The van der Waals surface area contributed by atoms with Gasteiger partial charge in [0.15, 0.2) is 0 Å². The van der Waals surface area contributed by atoms with Crippen LogP contribution in [0.15, 0.2) is 0 Å². The van der Waals surface area contributed by atoms with Gasteiger partial charge >= 0.3 is 0 Å². The zero-order chi connectivity index (χ0) is 21.7. The first-order valence-corrected chi connectivity index (χ1v) is 13.3. The van der Waals surface area contributed by atoms with Gasteiger partial charge in [0.05, 0.1) is 0 Å². The van der Waals surface area contributed by atoms with E-state index in [1.54, 1.807) is 0 Å². The maximum atomic E-state index is 12.1. The highest BCUT2D eigenvalue weighted by Crippen LogP contribution is 2.68. The molecule has 0 aromatic heterocycles. The second-order valence-corrected chi connectivity index (χ2v) is 12.9. The summed E-state index contributed by atoms with van der Waals surface area (Å²) < 4.78 is 0. The molecular formula is C27H47NO2. The molecule has 0 N–H and O–H groups in total. The van der Waals surface area contributed by atoms with Gasteiger partial charge in [0, 0.05) is 17.3 Å². The fraction of sp³-hybridized carbons (Fsp3) is 1.00. The van der Waals surface area contributed by atoms with Crippen LogP contribution >= 0.6 is 0 Å². The predicted octanol–water partition coefficient (Wildman–Crippen LogP) is 7.75. The SMILES string of the molecule is CC(C)CCC[C@@H](C)[C@@H]1CC[C@@H]2[C@@H]3C[C@H]([N+](=O)[O-])[C@H]4CCCC[C@]4(C)[C@@H]3CC[C@@]21C. The zero-order valence-corrected chi connectivity index (χ0v) is 20.4. The van der Waals surface area contributed by atoms with Gasteiger partial charge in [-0.25, -0.2) is 0 Å². The fourth-order valence-electron chi connectivity index (χ4n) is 9.61. The third kappa shape index (κ3) is 3.64. The number of hydrogen-bond donors (Lipinski definition) is 0. The van der Waals surface area contributed by atoms with Crippen LogP contribution in [0.2, 0.25) is 0 Å². The first kappa shape index (κ1) is 22.6. The van der Waals surface area contributed by atoms with Gasteiger partial charge in [0.25, 0.3) is 0 Å². The van der Waals surface area contributed by atoms with Crippen LogP contribution < -0.4 is 0 Å². The van der Waals surface area contributed by atoms with Gasteiger partial charge < -0.3 is 0 Å². The minimum atomic E-state index is -0.276. The second-order valence-electron chi connectivity index (χ2n) is 12.9. The quantitative estimate of drug-likeness (QED) is 0.327. The Kier molecular flexibility index (Phi) is 6.32. The molecule has 30 heavy (non-hydrogen) atoms. The van der Waals surface area contributed by atoms with E-state index in [0.717, 1.165) is 42.4 Å². The smallest absolute Gasteiger partial charge is 0.216 e. The van der Waals surface area contributed by atoms with Crippen LogP contribution in [0.3, 0.4) is 0 Å². The van der Waals surface area contributed by atoms with E-state index >= 15 is 0 Å². The maximum absolute atomic E-state index is 12.1. The van der Waals surface area contributed by atoms with Crippen molar-refractivity contribution in [2.45, 2.75) is 118 Å².